The van der Waals surface area contributed by atoms with Crippen molar-refractivity contribution in [2.45, 2.75) is 13.0 Å². The monoisotopic (exact) mass is 322 g/mol. The summed E-state index contributed by atoms with van der Waals surface area (Å²) >= 11 is 0. The zero-order valence-corrected chi connectivity index (χ0v) is 13.7. The van der Waals surface area contributed by atoms with Crippen molar-refractivity contribution >= 4 is 10.9 Å². The maximum absolute atomic E-state index is 5.83. The second-order valence-electron chi connectivity index (χ2n) is 6.45. The van der Waals surface area contributed by atoms with Gasteiger partial charge >= 0.3 is 0 Å². The van der Waals surface area contributed by atoms with Crippen LogP contribution in [0.5, 0.6) is 0 Å². The van der Waals surface area contributed by atoms with Crippen molar-refractivity contribution in [1.82, 2.24) is 19.9 Å². The van der Waals surface area contributed by atoms with Crippen molar-refractivity contribution in [3.8, 4) is 0 Å². The van der Waals surface area contributed by atoms with Crippen LogP contribution in [0.4, 0.5) is 0 Å². The lowest BCUT2D eigenvalue weighted by molar-refractivity contribution is 0.121. The molecule has 1 atom stereocenters. The Morgan fingerprint density at radius 2 is 2.21 bits per heavy atom. The molecule has 24 heavy (non-hydrogen) atoms. The molecule has 0 aliphatic carbocycles. The first-order chi connectivity index (χ1) is 11.9. The third kappa shape index (κ3) is 3.63. The predicted molar refractivity (Wildman–Crippen MR) is 93.6 cm³/mol. The third-order valence-electron chi connectivity index (χ3n) is 4.54. The molecule has 0 amide bonds. The lowest BCUT2D eigenvalue weighted by Gasteiger charge is -2.22. The van der Waals surface area contributed by atoms with Gasteiger partial charge in [-0.3, -0.25) is 9.88 Å². The SMILES string of the molecule is c1cnc2ccc(C[C@H]3COCCN(Cc4ncc[nH]4)C3)cc2c1. The number of H-pyrrole nitrogens is 1. The summed E-state index contributed by atoms with van der Waals surface area (Å²) in [6.07, 6.45) is 6.56. The first-order valence-corrected chi connectivity index (χ1v) is 8.49. The van der Waals surface area contributed by atoms with Gasteiger partial charge in [-0.2, -0.15) is 0 Å². The molecule has 3 heterocycles. The maximum atomic E-state index is 5.83. The molecule has 1 fully saturated rings. The average molecular weight is 322 g/mol. The molecule has 0 spiro atoms. The van der Waals surface area contributed by atoms with E-state index in [9.17, 15) is 0 Å². The quantitative estimate of drug-likeness (QED) is 0.802. The summed E-state index contributed by atoms with van der Waals surface area (Å²) in [4.78, 5) is 14.4. The first kappa shape index (κ1) is 15.3. The number of aromatic amines is 1. The zero-order chi connectivity index (χ0) is 16.2. The van der Waals surface area contributed by atoms with Crippen LogP contribution in [0.3, 0.4) is 0 Å². The van der Waals surface area contributed by atoms with Crippen LogP contribution >= 0.6 is 0 Å². The zero-order valence-electron chi connectivity index (χ0n) is 13.7. The van der Waals surface area contributed by atoms with Crippen molar-refractivity contribution in [1.29, 1.82) is 0 Å². The summed E-state index contributed by atoms with van der Waals surface area (Å²) in [6, 6.07) is 10.7. The fourth-order valence-corrected chi connectivity index (χ4v) is 3.40. The molecule has 1 aromatic carbocycles. The number of nitrogens with zero attached hydrogens (tertiary/aromatic N) is 3. The molecule has 0 radical (unpaired) electrons. The van der Waals surface area contributed by atoms with E-state index in [1.165, 1.54) is 10.9 Å². The van der Waals surface area contributed by atoms with E-state index < -0.39 is 0 Å². The van der Waals surface area contributed by atoms with E-state index in [1.54, 1.807) is 0 Å². The summed E-state index contributed by atoms with van der Waals surface area (Å²) < 4.78 is 5.83. The Bertz CT molecular complexity index is 787. The van der Waals surface area contributed by atoms with Crippen LogP contribution in [0.15, 0.2) is 48.9 Å². The number of hydrogen-bond donors (Lipinski definition) is 1. The Morgan fingerprint density at radius 3 is 3.12 bits per heavy atom. The van der Waals surface area contributed by atoms with Crippen molar-refractivity contribution in [2.24, 2.45) is 5.92 Å². The second-order valence-corrected chi connectivity index (χ2v) is 6.45. The minimum Gasteiger partial charge on any atom is -0.380 e. The van der Waals surface area contributed by atoms with Gasteiger partial charge < -0.3 is 9.72 Å². The normalized spacial score (nSPS) is 19.4. The molecule has 1 aliphatic rings. The Kier molecular flexibility index (Phi) is 4.53. The summed E-state index contributed by atoms with van der Waals surface area (Å²) in [5.74, 6) is 1.52. The van der Waals surface area contributed by atoms with Crippen LogP contribution < -0.4 is 0 Å². The van der Waals surface area contributed by atoms with E-state index in [-0.39, 0.29) is 0 Å². The highest BCUT2D eigenvalue weighted by Crippen LogP contribution is 2.19. The fourth-order valence-electron chi connectivity index (χ4n) is 3.40. The van der Waals surface area contributed by atoms with Crippen molar-refractivity contribution in [2.75, 3.05) is 26.3 Å². The van der Waals surface area contributed by atoms with Gasteiger partial charge in [-0.25, -0.2) is 4.98 Å². The number of rotatable bonds is 4. The predicted octanol–water partition coefficient (Wildman–Crippen LogP) is 2.65. The molecule has 1 saturated heterocycles. The largest absolute Gasteiger partial charge is 0.380 e. The van der Waals surface area contributed by atoms with Gasteiger partial charge in [0.05, 0.1) is 25.3 Å². The summed E-state index contributed by atoms with van der Waals surface area (Å²) in [6.45, 7) is 4.46. The minimum absolute atomic E-state index is 0.497. The molecule has 3 aromatic rings. The van der Waals surface area contributed by atoms with Crippen LogP contribution in [0.25, 0.3) is 10.9 Å². The smallest absolute Gasteiger partial charge is 0.120 e. The fraction of sp³-hybridized carbons (Fsp3) is 0.368. The maximum Gasteiger partial charge on any atom is 0.120 e. The molecule has 1 aliphatic heterocycles. The number of benzene rings is 1. The Hall–Kier alpha value is -2.24. The standard InChI is InChI=1S/C19H22N4O/c1-2-17-11-15(3-4-18(17)20-5-1)10-16-12-23(8-9-24-14-16)13-19-21-6-7-22-19/h1-7,11,16H,8-10,12-14H2,(H,21,22)/t16-/m1/s1. The minimum atomic E-state index is 0.497. The van der Waals surface area contributed by atoms with Crippen molar-refractivity contribution in [3.63, 3.8) is 0 Å². The van der Waals surface area contributed by atoms with Crippen LogP contribution in [-0.4, -0.2) is 46.2 Å². The van der Waals surface area contributed by atoms with E-state index in [4.69, 9.17) is 4.74 Å². The number of ether oxygens (including phenoxy) is 1. The highest BCUT2D eigenvalue weighted by atomic mass is 16.5. The molecule has 0 unspecified atom stereocenters. The number of nitrogens with one attached hydrogen (secondary N) is 1. The Balaban J connectivity index is 1.45. The van der Waals surface area contributed by atoms with Crippen LogP contribution in [0, 0.1) is 5.92 Å². The van der Waals surface area contributed by atoms with Gasteiger partial charge in [0.25, 0.3) is 0 Å². The van der Waals surface area contributed by atoms with E-state index in [0.29, 0.717) is 5.92 Å². The lowest BCUT2D eigenvalue weighted by Crippen LogP contribution is -2.30. The van der Waals surface area contributed by atoms with E-state index >= 15 is 0 Å². The third-order valence-corrected chi connectivity index (χ3v) is 4.54. The molecular formula is C19H22N4O. The van der Waals surface area contributed by atoms with E-state index in [1.807, 2.05) is 24.7 Å². The second kappa shape index (κ2) is 7.11. The number of imidazole rings is 1. The molecule has 0 bridgehead atoms. The topological polar surface area (TPSA) is 54.0 Å². The summed E-state index contributed by atoms with van der Waals surface area (Å²) in [5.41, 5.74) is 2.40. The highest BCUT2D eigenvalue weighted by molar-refractivity contribution is 5.78. The van der Waals surface area contributed by atoms with Crippen molar-refractivity contribution < 1.29 is 4.74 Å². The molecule has 4 rings (SSSR count). The number of aromatic nitrogens is 3. The molecule has 2 aromatic heterocycles. The van der Waals surface area contributed by atoms with Gasteiger partial charge in [-0.15, -0.1) is 0 Å². The lowest BCUT2D eigenvalue weighted by atomic mass is 9.98. The van der Waals surface area contributed by atoms with Crippen LogP contribution in [-0.2, 0) is 17.7 Å². The van der Waals surface area contributed by atoms with E-state index in [2.05, 4.69) is 44.1 Å². The van der Waals surface area contributed by atoms with Gasteiger partial charge in [0.2, 0.25) is 0 Å². The van der Waals surface area contributed by atoms with Gasteiger partial charge in [0, 0.05) is 37.1 Å². The molecule has 124 valence electrons. The number of fused-ring (bicyclic) bond motifs is 1. The van der Waals surface area contributed by atoms with Gasteiger partial charge in [0.15, 0.2) is 0 Å². The first-order valence-electron chi connectivity index (χ1n) is 8.49. The molecular weight excluding hydrogens is 300 g/mol. The van der Waals surface area contributed by atoms with Crippen LogP contribution in [0.2, 0.25) is 0 Å². The number of pyridine rings is 1. The molecule has 1 N–H and O–H groups in total. The average Bonchev–Trinajstić information content (AvgIpc) is 3.01. The molecule has 0 saturated carbocycles. The van der Waals surface area contributed by atoms with Gasteiger partial charge in [-0.05, 0) is 36.1 Å². The Labute approximate surface area is 141 Å². The molecule has 5 nitrogen and oxygen atoms in total. The van der Waals surface area contributed by atoms with Crippen molar-refractivity contribution in [3.05, 3.63) is 60.3 Å². The number of hydrogen-bond acceptors (Lipinski definition) is 4. The highest BCUT2D eigenvalue weighted by Gasteiger charge is 2.20. The van der Waals surface area contributed by atoms with Gasteiger partial charge in [0.1, 0.15) is 5.82 Å². The van der Waals surface area contributed by atoms with Crippen LogP contribution in [0.1, 0.15) is 11.4 Å². The Morgan fingerprint density at radius 1 is 1.21 bits per heavy atom. The van der Waals surface area contributed by atoms with E-state index in [0.717, 1.165) is 50.6 Å². The summed E-state index contributed by atoms with van der Waals surface area (Å²) in [7, 11) is 0. The van der Waals surface area contributed by atoms with Gasteiger partial charge in [-0.1, -0.05) is 12.1 Å². The summed E-state index contributed by atoms with van der Waals surface area (Å²) in [5, 5.41) is 1.21. The molecule has 5 heteroatoms.